The number of unbranched alkanes of at least 4 members (excludes halogenated alkanes) is 2. The zero-order valence-electron chi connectivity index (χ0n) is 20.8. The van der Waals surface area contributed by atoms with E-state index in [9.17, 15) is 14.8 Å². The summed E-state index contributed by atoms with van der Waals surface area (Å²) in [5, 5.41) is 15.2. The number of esters is 1. The standard InChI is InChI=1S/C24H39N2O7P/c1-6-31-24(28)19(4)26-34(17-30-5)33-21-14-13-20(15-22(21)32-29)16-25-23(27)12-10-8-7-9-11-18(2)3/h9,11,13-15,18-19,26,29H,6-8,10,12,16-17H2,1-5H3,(H,25,27)/b11-9+/t19-,34?/m0/s1. The van der Waals surface area contributed by atoms with Crippen LogP contribution in [0.15, 0.2) is 30.4 Å². The van der Waals surface area contributed by atoms with E-state index in [0.717, 1.165) is 24.8 Å². The molecule has 2 atom stereocenters. The fraction of sp³-hybridized carbons (Fsp3) is 0.583. The summed E-state index contributed by atoms with van der Waals surface area (Å²) < 4.78 is 16.1. The highest BCUT2D eigenvalue weighted by Gasteiger charge is 2.22. The Morgan fingerprint density at radius 2 is 1.94 bits per heavy atom. The Morgan fingerprint density at radius 3 is 2.59 bits per heavy atom. The zero-order valence-corrected chi connectivity index (χ0v) is 21.7. The SMILES string of the molecule is CCOC(=O)[C@H](C)NP(COC)Oc1ccc(CNC(=O)CCCC/C=C/C(C)C)cc1OO. The third-order valence-corrected chi connectivity index (χ3v) is 6.16. The maximum absolute atomic E-state index is 12.1. The van der Waals surface area contributed by atoms with Crippen LogP contribution < -0.4 is 19.8 Å². The number of carbonyl (C=O) groups is 2. The number of carbonyl (C=O) groups excluding carboxylic acids is 2. The number of ether oxygens (including phenoxy) is 2. The van der Waals surface area contributed by atoms with Gasteiger partial charge in [-0.15, -0.1) is 0 Å². The lowest BCUT2D eigenvalue weighted by molar-refractivity contribution is -0.144. The van der Waals surface area contributed by atoms with Gasteiger partial charge >= 0.3 is 5.97 Å². The van der Waals surface area contributed by atoms with E-state index >= 15 is 0 Å². The molecule has 10 heteroatoms. The average Bonchev–Trinajstić information content (AvgIpc) is 2.80. The number of hydrogen-bond acceptors (Lipinski definition) is 8. The van der Waals surface area contributed by atoms with Gasteiger partial charge in [-0.1, -0.05) is 32.1 Å². The molecule has 0 aromatic heterocycles. The summed E-state index contributed by atoms with van der Waals surface area (Å²) in [6.07, 6.45) is 7.77. The number of allylic oxidation sites excluding steroid dienone is 2. The number of nitrogens with one attached hydrogen (secondary N) is 2. The van der Waals surface area contributed by atoms with Crippen LogP contribution in [0.3, 0.4) is 0 Å². The molecule has 0 saturated carbocycles. The van der Waals surface area contributed by atoms with Crippen LogP contribution in [0.4, 0.5) is 0 Å². The summed E-state index contributed by atoms with van der Waals surface area (Å²) in [4.78, 5) is 28.5. The second kappa shape index (κ2) is 17.3. The molecule has 0 radical (unpaired) electrons. The van der Waals surface area contributed by atoms with Crippen molar-refractivity contribution < 1.29 is 33.7 Å². The summed E-state index contributed by atoms with van der Waals surface area (Å²) in [6.45, 7) is 8.26. The van der Waals surface area contributed by atoms with E-state index in [0.29, 0.717) is 18.9 Å². The summed E-state index contributed by atoms with van der Waals surface area (Å²) in [5.74, 6) is 0.493. The molecule has 1 aromatic rings. The van der Waals surface area contributed by atoms with Crippen LogP contribution in [0.1, 0.15) is 58.9 Å². The second-order valence-corrected chi connectivity index (χ2v) is 9.51. The normalized spacial score (nSPS) is 13.0. The van der Waals surface area contributed by atoms with Gasteiger partial charge in [0.05, 0.1) is 6.61 Å². The van der Waals surface area contributed by atoms with Gasteiger partial charge in [0, 0.05) is 20.1 Å². The number of amides is 1. The molecule has 192 valence electrons. The van der Waals surface area contributed by atoms with Crippen molar-refractivity contribution in [3.05, 3.63) is 35.9 Å². The van der Waals surface area contributed by atoms with E-state index in [-0.39, 0.29) is 30.4 Å². The molecule has 0 aliphatic rings. The monoisotopic (exact) mass is 498 g/mol. The fourth-order valence-electron chi connectivity index (χ4n) is 2.88. The molecule has 3 N–H and O–H groups in total. The highest BCUT2D eigenvalue weighted by atomic mass is 31.2. The van der Waals surface area contributed by atoms with Gasteiger partial charge in [0.25, 0.3) is 0 Å². The third-order valence-electron chi connectivity index (χ3n) is 4.57. The van der Waals surface area contributed by atoms with Gasteiger partial charge in [-0.2, -0.15) is 0 Å². The molecular weight excluding hydrogens is 459 g/mol. The van der Waals surface area contributed by atoms with Crippen LogP contribution in [0.5, 0.6) is 11.5 Å². The van der Waals surface area contributed by atoms with Crippen LogP contribution in [-0.2, 0) is 25.6 Å². The summed E-state index contributed by atoms with van der Waals surface area (Å²) in [7, 11) is 0.0973. The third kappa shape index (κ3) is 12.3. The Kier molecular flexibility index (Phi) is 15.2. The maximum Gasteiger partial charge on any atom is 0.323 e. The van der Waals surface area contributed by atoms with E-state index in [1.165, 1.54) is 7.11 Å². The van der Waals surface area contributed by atoms with Gasteiger partial charge in [0.2, 0.25) is 11.7 Å². The highest BCUT2D eigenvalue weighted by Crippen LogP contribution is 2.40. The minimum atomic E-state index is -1.42. The molecule has 0 saturated heterocycles. The molecule has 34 heavy (non-hydrogen) atoms. The summed E-state index contributed by atoms with van der Waals surface area (Å²) in [6, 6.07) is 4.39. The van der Waals surface area contributed by atoms with E-state index in [4.69, 9.17) is 14.0 Å². The van der Waals surface area contributed by atoms with E-state index in [2.05, 4.69) is 41.3 Å². The van der Waals surface area contributed by atoms with Crippen molar-refractivity contribution in [1.82, 2.24) is 10.4 Å². The van der Waals surface area contributed by atoms with Crippen molar-refractivity contribution in [2.24, 2.45) is 5.92 Å². The smallest absolute Gasteiger partial charge is 0.323 e. The lowest BCUT2D eigenvalue weighted by atomic mass is 10.1. The molecule has 0 heterocycles. The second-order valence-electron chi connectivity index (χ2n) is 8.06. The largest absolute Gasteiger partial charge is 0.465 e. The Hall–Kier alpha value is -2.19. The van der Waals surface area contributed by atoms with Crippen LogP contribution in [0, 0.1) is 5.92 Å². The zero-order chi connectivity index (χ0) is 25.3. The van der Waals surface area contributed by atoms with Crippen LogP contribution in [0.25, 0.3) is 0 Å². The molecule has 0 fully saturated rings. The lowest BCUT2D eigenvalue weighted by Gasteiger charge is -2.22. The van der Waals surface area contributed by atoms with Gasteiger partial charge < -0.3 is 24.2 Å². The van der Waals surface area contributed by atoms with E-state index in [1.807, 2.05) is 0 Å². The number of benzene rings is 1. The van der Waals surface area contributed by atoms with Crippen molar-refractivity contribution in [2.45, 2.75) is 66.0 Å². The first-order valence-electron chi connectivity index (χ1n) is 11.6. The molecule has 1 aromatic carbocycles. The van der Waals surface area contributed by atoms with E-state index in [1.54, 1.807) is 32.0 Å². The van der Waals surface area contributed by atoms with Crippen molar-refractivity contribution in [3.8, 4) is 11.5 Å². The Labute approximate surface area is 204 Å². The molecule has 0 bridgehead atoms. The number of methoxy groups -OCH3 is 1. The first-order chi connectivity index (χ1) is 16.3. The average molecular weight is 499 g/mol. The Bertz CT molecular complexity index is 774. The number of rotatable bonds is 17. The van der Waals surface area contributed by atoms with Gasteiger partial charge in [-0.05, 0) is 56.7 Å². The molecule has 9 nitrogen and oxygen atoms in total. The fourth-order valence-corrected chi connectivity index (χ4v) is 4.22. The molecular formula is C24H39N2O7P. The van der Waals surface area contributed by atoms with Crippen molar-refractivity contribution in [3.63, 3.8) is 0 Å². The minimum absolute atomic E-state index is 0.0274. The molecule has 0 aliphatic carbocycles. The van der Waals surface area contributed by atoms with Crippen molar-refractivity contribution in [2.75, 3.05) is 20.1 Å². The highest BCUT2D eigenvalue weighted by molar-refractivity contribution is 7.50. The van der Waals surface area contributed by atoms with Crippen LogP contribution in [0.2, 0.25) is 0 Å². The van der Waals surface area contributed by atoms with E-state index < -0.39 is 20.3 Å². The molecule has 1 amide bonds. The van der Waals surface area contributed by atoms with Crippen molar-refractivity contribution >= 4 is 20.2 Å². The molecule has 0 spiro atoms. The first kappa shape index (κ1) is 29.8. The Morgan fingerprint density at radius 1 is 1.18 bits per heavy atom. The minimum Gasteiger partial charge on any atom is -0.465 e. The van der Waals surface area contributed by atoms with Gasteiger partial charge in [0.15, 0.2) is 14.0 Å². The Balaban J connectivity index is 2.60. The maximum atomic E-state index is 12.1. The predicted molar refractivity (Wildman–Crippen MR) is 133 cm³/mol. The summed E-state index contributed by atoms with van der Waals surface area (Å²) >= 11 is 0. The van der Waals surface area contributed by atoms with Crippen LogP contribution in [-0.4, -0.2) is 43.2 Å². The van der Waals surface area contributed by atoms with Gasteiger partial charge in [-0.25, -0.2) is 10.3 Å². The number of hydrogen-bond donors (Lipinski definition) is 3. The first-order valence-corrected chi connectivity index (χ1v) is 13.0. The van der Waals surface area contributed by atoms with Gasteiger partial charge in [0.1, 0.15) is 12.4 Å². The molecule has 0 aliphatic heterocycles. The topological polar surface area (TPSA) is 115 Å². The quantitative estimate of drug-likeness (QED) is 0.0703. The molecule has 1 unspecified atom stereocenters. The van der Waals surface area contributed by atoms with Gasteiger partial charge in [-0.3, -0.25) is 9.59 Å². The summed E-state index contributed by atoms with van der Waals surface area (Å²) in [5.41, 5.74) is 0.744. The molecule has 1 rings (SSSR count). The predicted octanol–water partition coefficient (Wildman–Crippen LogP) is 4.76. The lowest BCUT2D eigenvalue weighted by Crippen LogP contribution is -2.33. The van der Waals surface area contributed by atoms with Crippen LogP contribution >= 0.6 is 8.30 Å². The van der Waals surface area contributed by atoms with Crippen molar-refractivity contribution in [1.29, 1.82) is 0 Å².